The van der Waals surface area contributed by atoms with Crippen molar-refractivity contribution in [3.8, 4) is 67.8 Å². The van der Waals surface area contributed by atoms with Crippen LogP contribution in [0, 0.1) is 22.7 Å². The number of hydrogen-bond donors (Lipinski definition) is 0. The van der Waals surface area contributed by atoms with Crippen LogP contribution in [0.2, 0.25) is 0 Å². The van der Waals surface area contributed by atoms with E-state index in [1.165, 1.54) is 50.1 Å². The maximum absolute atomic E-state index is 9.92. The normalized spacial score (nSPS) is 14.5. The highest BCUT2D eigenvalue weighted by Gasteiger charge is 2.52. The highest BCUT2D eigenvalue weighted by molar-refractivity contribution is 9.10. The minimum Gasteiger partial charge on any atom is -0.436 e. The van der Waals surface area contributed by atoms with Crippen molar-refractivity contribution in [3.05, 3.63) is 364 Å². The third kappa shape index (κ3) is 10.5. The molecule has 0 saturated carbocycles. The van der Waals surface area contributed by atoms with E-state index in [9.17, 15) is 10.5 Å². The standard InChI is InChI=1S/C42H25N3O.C38H32BNO2.C10H5BrN2O/c43-26-27-11-18-34-35-19-16-31(25-38(35)42(37(34)23-27,32-7-3-1-4-8-32)33-9-5-2-6-10-33)29-14-12-28(13-15-29)30-17-20-39-36(24-30)40-41(46-39)45-22-21-44-40;1-36(2)37(3,4)42-39(41-36)31-19-16-27(17-20-31)28-18-22-33-32-21-15-26(25-40)23-34(32)38(35(33)24-28,29-11-7-5-8-12-29)30-13-9-6-10-14-30;11-6-1-2-8-7(5-6)9-10(14-8)13-4-3-12-9/h1-25H;5-24H,1-4H3;1-5H. The highest BCUT2D eigenvalue weighted by Crippen LogP contribution is 2.59. The van der Waals surface area contributed by atoms with E-state index in [4.69, 9.17) is 18.1 Å². The van der Waals surface area contributed by atoms with Crippen LogP contribution in [-0.4, -0.2) is 38.3 Å². The first-order chi connectivity index (χ1) is 49.8. The summed E-state index contributed by atoms with van der Waals surface area (Å²) in [5.41, 5.74) is 25.7. The number of halogens is 1. The van der Waals surface area contributed by atoms with Crippen molar-refractivity contribution in [2.75, 3.05) is 0 Å². The Labute approximate surface area is 599 Å². The third-order valence-corrected chi connectivity index (χ3v) is 21.3. The van der Waals surface area contributed by atoms with Gasteiger partial charge in [-0.15, -0.1) is 0 Å². The van der Waals surface area contributed by atoms with Gasteiger partial charge in [0, 0.05) is 40.0 Å². The zero-order valence-electron chi connectivity index (χ0n) is 56.1. The Morgan fingerprint density at radius 2 is 0.676 bits per heavy atom. The molecule has 0 radical (unpaired) electrons. The Hall–Kier alpha value is -12.2. The van der Waals surface area contributed by atoms with Crippen LogP contribution in [0.5, 0.6) is 0 Å². The van der Waals surface area contributed by atoms with Crippen molar-refractivity contribution < 1.29 is 18.1 Å². The zero-order valence-corrected chi connectivity index (χ0v) is 57.7. The number of aromatic nitrogens is 4. The van der Waals surface area contributed by atoms with Gasteiger partial charge in [-0.25, -0.2) is 19.9 Å². The largest absolute Gasteiger partial charge is 0.494 e. The van der Waals surface area contributed by atoms with Gasteiger partial charge in [0.15, 0.2) is 0 Å². The summed E-state index contributed by atoms with van der Waals surface area (Å²) in [5, 5.41) is 21.7. The van der Waals surface area contributed by atoms with Crippen molar-refractivity contribution in [2.24, 2.45) is 0 Å². The molecule has 19 rings (SSSR count). The smallest absolute Gasteiger partial charge is 0.436 e. The molecule has 12 heteroatoms. The summed E-state index contributed by atoms with van der Waals surface area (Å²) in [7, 11) is -0.392. The molecule has 2 aliphatic carbocycles. The van der Waals surface area contributed by atoms with Gasteiger partial charge in [-0.05, 0) is 200 Å². The molecule has 5 heterocycles. The van der Waals surface area contributed by atoms with Crippen molar-refractivity contribution in [1.82, 2.24) is 19.9 Å². The minimum absolute atomic E-state index is 0.380. The van der Waals surface area contributed by atoms with Crippen LogP contribution in [0.15, 0.2) is 317 Å². The summed E-state index contributed by atoms with van der Waals surface area (Å²) < 4.78 is 25.0. The average molecular weight is 1380 g/mol. The predicted molar refractivity (Wildman–Crippen MR) is 409 cm³/mol. The summed E-state index contributed by atoms with van der Waals surface area (Å²) >= 11 is 3.41. The lowest BCUT2D eigenvalue weighted by molar-refractivity contribution is 0.00578. The van der Waals surface area contributed by atoms with E-state index in [-0.39, 0.29) is 11.2 Å². The van der Waals surface area contributed by atoms with Crippen LogP contribution >= 0.6 is 15.9 Å². The van der Waals surface area contributed by atoms with E-state index in [1.807, 2.05) is 36.4 Å². The summed E-state index contributed by atoms with van der Waals surface area (Å²) in [6.07, 6.45) is 6.63. The molecule has 0 N–H and O–H groups in total. The van der Waals surface area contributed by atoms with E-state index in [1.54, 1.807) is 24.8 Å². The summed E-state index contributed by atoms with van der Waals surface area (Å²) in [5.74, 6) is 0. The first-order valence-electron chi connectivity index (χ1n) is 33.9. The zero-order chi connectivity index (χ0) is 69.3. The molecule has 0 atom stereocenters. The second kappa shape index (κ2) is 25.2. The number of hydrogen-bond acceptors (Lipinski definition) is 10. The van der Waals surface area contributed by atoms with Gasteiger partial charge in [-0.1, -0.05) is 228 Å². The first kappa shape index (κ1) is 63.3. The molecule has 1 saturated heterocycles. The van der Waals surface area contributed by atoms with E-state index in [0.717, 1.165) is 93.0 Å². The SMILES string of the molecule is Brc1ccc2oc3nccnc3c2c1.CC1(C)OB(c2ccc(-c3ccc4c(c3)C(c3ccccc3)(c3ccccc3)c3cc(C#N)ccc3-4)cc2)OC1(C)C.N#Cc1ccc2c(c1)C(c1ccccc1)(c1ccccc1)c1cc(-c3ccc(-c4ccc5oc6nccnc6c5c4)cc3)ccc1-2. The Morgan fingerprint density at radius 1 is 0.343 bits per heavy atom. The molecule has 4 aromatic heterocycles. The highest BCUT2D eigenvalue weighted by atomic mass is 79.9. The van der Waals surface area contributed by atoms with Gasteiger partial charge in [0.2, 0.25) is 11.4 Å². The molecule has 0 unspecified atom stereocenters. The fourth-order valence-electron chi connectivity index (χ4n) is 15.3. The number of furan rings is 2. The van der Waals surface area contributed by atoms with Crippen LogP contribution in [0.25, 0.3) is 100 Å². The lowest BCUT2D eigenvalue weighted by Crippen LogP contribution is -2.41. The molecule has 12 aromatic carbocycles. The Balaban J connectivity index is 0.000000128. The number of nitriles is 2. The van der Waals surface area contributed by atoms with Crippen LogP contribution in [0.4, 0.5) is 0 Å². The van der Waals surface area contributed by atoms with Gasteiger partial charge in [0.05, 0.1) is 45.3 Å². The topological polar surface area (TPSA) is 144 Å². The molecule has 486 valence electrons. The molecule has 0 spiro atoms. The fraction of sp³-hybridized carbons (Fsp3) is 0.0889. The molecule has 10 nitrogen and oxygen atoms in total. The van der Waals surface area contributed by atoms with Crippen molar-refractivity contribution in [1.29, 1.82) is 10.5 Å². The van der Waals surface area contributed by atoms with Crippen LogP contribution in [0.3, 0.4) is 0 Å². The predicted octanol–water partition coefficient (Wildman–Crippen LogP) is 21.0. The molecule has 3 aliphatic rings. The van der Waals surface area contributed by atoms with Gasteiger partial charge in [-0.2, -0.15) is 10.5 Å². The second-order valence-electron chi connectivity index (χ2n) is 27.0. The molecule has 1 fully saturated rings. The van der Waals surface area contributed by atoms with Crippen LogP contribution in [0.1, 0.15) is 83.3 Å². The number of rotatable bonds is 8. The summed E-state index contributed by atoms with van der Waals surface area (Å²) in [6, 6.07) is 103. The van der Waals surface area contributed by atoms with Gasteiger partial charge >= 0.3 is 7.12 Å². The van der Waals surface area contributed by atoms with E-state index >= 15 is 0 Å². The van der Waals surface area contributed by atoms with E-state index in [0.29, 0.717) is 22.6 Å². The monoisotopic (exact) mass is 1380 g/mol. The second-order valence-corrected chi connectivity index (χ2v) is 27.9. The Bertz CT molecular complexity index is 5910. The lowest BCUT2D eigenvalue weighted by atomic mass is 9.67. The molecule has 102 heavy (non-hydrogen) atoms. The Kier molecular flexibility index (Phi) is 15.7. The van der Waals surface area contributed by atoms with Crippen LogP contribution < -0.4 is 5.46 Å². The van der Waals surface area contributed by atoms with Crippen molar-refractivity contribution in [2.45, 2.75) is 49.7 Å². The van der Waals surface area contributed by atoms with Crippen molar-refractivity contribution in [3.63, 3.8) is 0 Å². The summed E-state index contributed by atoms with van der Waals surface area (Å²) in [4.78, 5) is 17.1. The number of nitrogens with zero attached hydrogens (tertiary/aromatic N) is 6. The van der Waals surface area contributed by atoms with E-state index in [2.05, 4.69) is 318 Å². The summed E-state index contributed by atoms with van der Waals surface area (Å²) in [6.45, 7) is 8.31. The third-order valence-electron chi connectivity index (χ3n) is 20.9. The molecular formula is C90H62BBrN6O4. The maximum atomic E-state index is 9.92. The van der Waals surface area contributed by atoms with Gasteiger partial charge in [0.1, 0.15) is 22.2 Å². The van der Waals surface area contributed by atoms with Gasteiger partial charge in [-0.3, -0.25) is 0 Å². The molecule has 0 bridgehead atoms. The quantitative estimate of drug-likeness (QED) is 0.135. The first-order valence-corrected chi connectivity index (χ1v) is 34.7. The molecule has 1 aliphatic heterocycles. The maximum Gasteiger partial charge on any atom is 0.494 e. The molecule has 16 aromatic rings. The lowest BCUT2D eigenvalue weighted by Gasteiger charge is -2.34. The van der Waals surface area contributed by atoms with E-state index < -0.39 is 17.9 Å². The molecular weight excluding hydrogens is 1320 g/mol. The van der Waals surface area contributed by atoms with Gasteiger partial charge < -0.3 is 18.1 Å². The average Bonchev–Trinajstić information content (AvgIpc) is 1.53. The van der Waals surface area contributed by atoms with Crippen LogP contribution in [-0.2, 0) is 20.1 Å². The molecule has 0 amide bonds. The Morgan fingerprint density at radius 3 is 1.09 bits per heavy atom. The fourth-order valence-corrected chi connectivity index (χ4v) is 15.6. The van der Waals surface area contributed by atoms with Gasteiger partial charge in [0.25, 0.3) is 0 Å². The van der Waals surface area contributed by atoms with Crippen molar-refractivity contribution >= 4 is 72.9 Å². The minimum atomic E-state index is -0.568. The number of fused-ring (bicyclic) bond motifs is 12. The number of benzene rings is 12.